The Kier molecular flexibility index (Phi) is 3.48. The van der Waals surface area contributed by atoms with Crippen molar-refractivity contribution in [2.75, 3.05) is 7.11 Å². The molecule has 2 fully saturated rings. The van der Waals surface area contributed by atoms with Gasteiger partial charge in [0.1, 0.15) is 5.75 Å². The number of fused-ring (bicyclic) bond motifs is 5. The summed E-state index contributed by atoms with van der Waals surface area (Å²) in [6.45, 7) is 2.51. The molecule has 0 unspecified atom stereocenters. The maximum atomic E-state index is 10.7. The predicted octanol–water partition coefficient (Wildman–Crippen LogP) is 4.62. The van der Waals surface area contributed by atoms with Crippen molar-refractivity contribution in [3.05, 3.63) is 29.3 Å². The molecule has 0 bridgehead atoms. The quantitative estimate of drug-likeness (QED) is 0.819. The Morgan fingerprint density at radius 2 is 2.09 bits per heavy atom. The van der Waals surface area contributed by atoms with Crippen molar-refractivity contribution in [2.24, 2.45) is 17.3 Å². The molecular weight excluding hydrogens is 272 g/mol. The second kappa shape index (κ2) is 5.26. The predicted molar refractivity (Wildman–Crippen MR) is 86.9 cm³/mol. The molecular formula is C20H27O2. The van der Waals surface area contributed by atoms with Crippen molar-refractivity contribution in [3.63, 3.8) is 0 Å². The highest BCUT2D eigenvalue weighted by Crippen LogP contribution is 2.60. The lowest BCUT2D eigenvalue weighted by Crippen LogP contribution is -2.44. The Balaban J connectivity index is 1.74. The first-order valence-electron chi connectivity index (χ1n) is 8.90. The van der Waals surface area contributed by atoms with Crippen LogP contribution in [-0.4, -0.2) is 12.2 Å². The largest absolute Gasteiger partial charge is 0.496 e. The number of methoxy groups -OCH3 is 1. The van der Waals surface area contributed by atoms with Gasteiger partial charge in [0.05, 0.1) is 13.2 Å². The minimum absolute atomic E-state index is 0.317. The van der Waals surface area contributed by atoms with Crippen LogP contribution < -0.4 is 4.74 Å². The lowest BCUT2D eigenvalue weighted by Gasteiger charge is -2.55. The molecule has 0 spiro atoms. The van der Waals surface area contributed by atoms with Crippen molar-refractivity contribution < 1.29 is 9.84 Å². The molecule has 0 heterocycles. The number of ether oxygens (including phenoxy) is 1. The van der Waals surface area contributed by atoms with Crippen LogP contribution in [0.3, 0.4) is 0 Å². The zero-order valence-electron chi connectivity index (χ0n) is 13.8. The van der Waals surface area contributed by atoms with Crippen LogP contribution in [0.15, 0.2) is 12.1 Å². The third-order valence-electron chi connectivity index (χ3n) is 6.93. The van der Waals surface area contributed by atoms with Gasteiger partial charge >= 0.3 is 0 Å². The van der Waals surface area contributed by atoms with Gasteiger partial charge in [-0.1, -0.05) is 19.8 Å². The van der Waals surface area contributed by atoms with Crippen LogP contribution in [0.4, 0.5) is 0 Å². The molecule has 1 aromatic carbocycles. The zero-order valence-corrected chi connectivity index (χ0v) is 13.8. The third-order valence-corrected chi connectivity index (χ3v) is 6.93. The molecule has 1 aromatic rings. The number of aliphatic hydroxyl groups excluding tert-OH is 1. The van der Waals surface area contributed by atoms with E-state index in [1.807, 2.05) is 6.07 Å². The molecule has 0 aliphatic heterocycles. The maximum absolute atomic E-state index is 10.7. The number of rotatable bonds is 1. The molecule has 5 atom stereocenters. The highest BCUT2D eigenvalue weighted by Gasteiger charge is 2.50. The van der Waals surface area contributed by atoms with Gasteiger partial charge in [-0.15, -0.1) is 0 Å². The van der Waals surface area contributed by atoms with Crippen molar-refractivity contribution in [1.82, 2.24) is 0 Å². The number of aliphatic hydroxyl groups is 1. The highest BCUT2D eigenvalue weighted by molar-refractivity contribution is 5.41. The van der Waals surface area contributed by atoms with Crippen LogP contribution in [0.1, 0.15) is 75.0 Å². The van der Waals surface area contributed by atoms with Crippen LogP contribution in [0.5, 0.6) is 5.75 Å². The molecule has 0 saturated heterocycles. The molecule has 2 saturated carbocycles. The third kappa shape index (κ3) is 2.11. The van der Waals surface area contributed by atoms with E-state index in [0.717, 1.165) is 23.7 Å². The van der Waals surface area contributed by atoms with E-state index < -0.39 is 0 Å². The molecule has 3 aliphatic carbocycles. The average Bonchev–Trinajstić information content (AvgIpc) is 2.54. The molecule has 4 rings (SSSR count). The van der Waals surface area contributed by atoms with Gasteiger partial charge in [0.15, 0.2) is 0 Å². The SMILES string of the molecule is COc1[c]cc2c(c1)[C@H]1CC[C@]3(C)CCCC[C@H]3[C@@H]1C[C@@H]2O. The Morgan fingerprint density at radius 1 is 1.23 bits per heavy atom. The summed E-state index contributed by atoms with van der Waals surface area (Å²) in [5.74, 6) is 2.85. The summed E-state index contributed by atoms with van der Waals surface area (Å²) in [5.41, 5.74) is 2.95. The van der Waals surface area contributed by atoms with Gasteiger partial charge in [0.25, 0.3) is 0 Å². The second-order valence-corrected chi connectivity index (χ2v) is 7.98. The van der Waals surface area contributed by atoms with Crippen molar-refractivity contribution in [3.8, 4) is 5.75 Å². The first-order valence-corrected chi connectivity index (χ1v) is 8.90. The first-order chi connectivity index (χ1) is 10.6. The van der Waals surface area contributed by atoms with E-state index >= 15 is 0 Å². The molecule has 22 heavy (non-hydrogen) atoms. The van der Waals surface area contributed by atoms with E-state index in [1.165, 1.54) is 44.1 Å². The van der Waals surface area contributed by atoms with Crippen LogP contribution in [0.2, 0.25) is 0 Å². The standard InChI is InChI=1S/C20H27O2/c1-20-9-4-3-5-18(20)17-12-19(21)15-7-6-13(22-2)11-16(15)14(17)8-10-20/h7,11,14,17-19,21H,3-5,8-10,12H2,1-2H3/t14-,17-,18+,19+,20+/m1/s1. The second-order valence-electron chi connectivity index (χ2n) is 7.98. The van der Waals surface area contributed by atoms with E-state index in [-0.39, 0.29) is 6.10 Å². The molecule has 2 heteroatoms. The smallest absolute Gasteiger partial charge is 0.127 e. The molecule has 1 radical (unpaired) electrons. The molecule has 119 valence electrons. The van der Waals surface area contributed by atoms with Crippen LogP contribution in [-0.2, 0) is 0 Å². The fourth-order valence-corrected chi connectivity index (χ4v) is 5.77. The van der Waals surface area contributed by atoms with Gasteiger partial charge < -0.3 is 9.84 Å². The van der Waals surface area contributed by atoms with Crippen molar-refractivity contribution in [1.29, 1.82) is 0 Å². The minimum Gasteiger partial charge on any atom is -0.496 e. The van der Waals surface area contributed by atoms with Crippen LogP contribution in [0.25, 0.3) is 0 Å². The van der Waals surface area contributed by atoms with Gasteiger partial charge in [0, 0.05) is 6.07 Å². The summed E-state index contributed by atoms with van der Waals surface area (Å²) in [5, 5.41) is 10.7. The molecule has 3 aliphatic rings. The summed E-state index contributed by atoms with van der Waals surface area (Å²) >= 11 is 0. The maximum Gasteiger partial charge on any atom is 0.127 e. The zero-order chi connectivity index (χ0) is 15.3. The van der Waals surface area contributed by atoms with Gasteiger partial charge in [-0.3, -0.25) is 0 Å². The number of hydrogen-bond acceptors (Lipinski definition) is 2. The van der Waals surface area contributed by atoms with Crippen LogP contribution in [0, 0.1) is 23.3 Å². The monoisotopic (exact) mass is 299 g/mol. The first kappa shape index (κ1) is 14.6. The van der Waals surface area contributed by atoms with Gasteiger partial charge in [0.2, 0.25) is 0 Å². The Labute approximate surface area is 133 Å². The van der Waals surface area contributed by atoms with Crippen molar-refractivity contribution in [2.45, 2.75) is 63.9 Å². The fraction of sp³-hybridized carbons (Fsp3) is 0.700. The number of benzene rings is 1. The van der Waals surface area contributed by atoms with Gasteiger partial charge in [-0.05, 0) is 78.5 Å². The van der Waals surface area contributed by atoms with E-state index in [9.17, 15) is 5.11 Å². The molecule has 0 aromatic heterocycles. The van der Waals surface area contributed by atoms with E-state index in [1.54, 1.807) is 7.11 Å². The minimum atomic E-state index is -0.317. The van der Waals surface area contributed by atoms with E-state index in [4.69, 9.17) is 4.74 Å². The normalized spacial score (nSPS) is 40.3. The Morgan fingerprint density at radius 3 is 2.91 bits per heavy atom. The molecule has 0 amide bonds. The molecule has 1 N–H and O–H groups in total. The van der Waals surface area contributed by atoms with E-state index in [2.05, 4.69) is 19.1 Å². The lowest BCUT2D eigenvalue weighted by molar-refractivity contribution is -0.0277. The fourth-order valence-electron chi connectivity index (χ4n) is 5.77. The average molecular weight is 299 g/mol. The molecule has 2 nitrogen and oxygen atoms in total. The summed E-state index contributed by atoms with van der Waals surface area (Å²) in [7, 11) is 1.70. The Hall–Kier alpha value is -1.02. The van der Waals surface area contributed by atoms with Crippen LogP contribution >= 0.6 is 0 Å². The summed E-state index contributed by atoms with van der Waals surface area (Å²) in [6, 6.07) is 7.26. The summed E-state index contributed by atoms with van der Waals surface area (Å²) in [6.07, 6.45) is 8.75. The lowest BCUT2D eigenvalue weighted by atomic mass is 9.50. The van der Waals surface area contributed by atoms with Crippen molar-refractivity contribution >= 4 is 0 Å². The summed E-state index contributed by atoms with van der Waals surface area (Å²) < 4.78 is 5.38. The summed E-state index contributed by atoms with van der Waals surface area (Å²) in [4.78, 5) is 0. The Bertz CT molecular complexity index is 567. The topological polar surface area (TPSA) is 29.5 Å². The van der Waals surface area contributed by atoms with Gasteiger partial charge in [-0.2, -0.15) is 0 Å². The highest BCUT2D eigenvalue weighted by atomic mass is 16.5. The van der Waals surface area contributed by atoms with Gasteiger partial charge in [-0.25, -0.2) is 0 Å². The van der Waals surface area contributed by atoms with E-state index in [0.29, 0.717) is 17.3 Å². The number of hydrogen-bond donors (Lipinski definition) is 1.